The zero-order valence-corrected chi connectivity index (χ0v) is 10.1. The van der Waals surface area contributed by atoms with Gasteiger partial charge in [0.1, 0.15) is 0 Å². The summed E-state index contributed by atoms with van der Waals surface area (Å²) in [4.78, 5) is 2.24. The largest absolute Gasteiger partial charge is 0.351 e. The summed E-state index contributed by atoms with van der Waals surface area (Å²) >= 11 is 5.81. The van der Waals surface area contributed by atoms with Gasteiger partial charge < -0.3 is 4.90 Å². The highest BCUT2D eigenvalue weighted by Gasteiger charge is 2.15. The molecule has 0 N–H and O–H groups in total. The number of anilines is 1. The van der Waals surface area contributed by atoms with E-state index in [0.29, 0.717) is 11.9 Å². The van der Waals surface area contributed by atoms with Crippen molar-refractivity contribution in [2.75, 3.05) is 17.3 Å². The van der Waals surface area contributed by atoms with E-state index in [2.05, 4.69) is 28.9 Å². The molecule has 0 aliphatic heterocycles. The minimum atomic E-state index is 0.500. The molecule has 1 aromatic heterocycles. The molecular weight excluding hydrogens is 210 g/mol. The minimum absolute atomic E-state index is 0.500. The Morgan fingerprint density at radius 1 is 1.40 bits per heavy atom. The molecule has 0 bridgehead atoms. The minimum Gasteiger partial charge on any atom is -0.351 e. The first-order valence-electron chi connectivity index (χ1n) is 5.43. The highest BCUT2D eigenvalue weighted by Crippen LogP contribution is 2.16. The third-order valence-electron chi connectivity index (χ3n) is 2.56. The summed E-state index contributed by atoms with van der Waals surface area (Å²) < 4.78 is 0. The van der Waals surface area contributed by atoms with Crippen LogP contribution in [0, 0.1) is 0 Å². The van der Waals surface area contributed by atoms with Crippen LogP contribution in [0.2, 0.25) is 0 Å². The Kier molecular flexibility index (Phi) is 5.40. The maximum atomic E-state index is 5.81. The molecule has 1 rings (SSSR count). The van der Waals surface area contributed by atoms with Gasteiger partial charge >= 0.3 is 0 Å². The molecule has 0 fully saturated rings. The summed E-state index contributed by atoms with van der Waals surface area (Å²) in [6, 6.07) is 4.39. The molecule has 0 aliphatic rings. The van der Waals surface area contributed by atoms with E-state index in [9.17, 15) is 0 Å². The first-order valence-corrected chi connectivity index (χ1v) is 5.97. The second-order valence-corrected chi connectivity index (χ2v) is 3.81. The fourth-order valence-corrected chi connectivity index (χ4v) is 1.93. The highest BCUT2D eigenvalue weighted by molar-refractivity contribution is 6.18. The lowest BCUT2D eigenvalue weighted by molar-refractivity contribution is 0.560. The Bertz CT molecular complexity index is 262. The zero-order valence-electron chi connectivity index (χ0n) is 9.36. The Balaban J connectivity index is 2.81. The molecule has 1 heterocycles. The summed E-state index contributed by atoms with van der Waals surface area (Å²) in [6.45, 7) is 5.20. The van der Waals surface area contributed by atoms with Gasteiger partial charge in [-0.2, -0.15) is 5.10 Å². The van der Waals surface area contributed by atoms with Gasteiger partial charge in [0.2, 0.25) is 0 Å². The summed E-state index contributed by atoms with van der Waals surface area (Å²) in [5, 5.41) is 8.04. The Labute approximate surface area is 96.5 Å². The van der Waals surface area contributed by atoms with Gasteiger partial charge in [0.15, 0.2) is 5.82 Å². The van der Waals surface area contributed by atoms with Crippen LogP contribution in [0.15, 0.2) is 18.3 Å². The van der Waals surface area contributed by atoms with Crippen molar-refractivity contribution in [3.63, 3.8) is 0 Å². The smallest absolute Gasteiger partial charge is 0.151 e. The molecule has 3 nitrogen and oxygen atoms in total. The second kappa shape index (κ2) is 6.62. The van der Waals surface area contributed by atoms with Crippen molar-refractivity contribution < 1.29 is 0 Å². The Hall–Kier alpha value is -0.830. The molecule has 4 heteroatoms. The lowest BCUT2D eigenvalue weighted by Crippen LogP contribution is -2.36. The predicted octanol–water partition coefficient (Wildman–Crippen LogP) is 2.71. The lowest BCUT2D eigenvalue weighted by atomic mass is 10.1. The molecule has 0 spiro atoms. The molecule has 15 heavy (non-hydrogen) atoms. The van der Waals surface area contributed by atoms with Crippen LogP contribution in [0.3, 0.4) is 0 Å². The maximum Gasteiger partial charge on any atom is 0.151 e. The van der Waals surface area contributed by atoms with Crippen molar-refractivity contribution in [2.45, 2.75) is 32.7 Å². The van der Waals surface area contributed by atoms with E-state index in [0.717, 1.165) is 25.2 Å². The van der Waals surface area contributed by atoms with Crippen molar-refractivity contribution >= 4 is 17.4 Å². The maximum absolute atomic E-state index is 5.81. The summed E-state index contributed by atoms with van der Waals surface area (Å²) in [6.07, 6.45) is 3.89. The predicted molar refractivity (Wildman–Crippen MR) is 64.5 cm³/mol. The van der Waals surface area contributed by atoms with Gasteiger partial charge in [-0.1, -0.05) is 13.8 Å². The van der Waals surface area contributed by atoms with Gasteiger partial charge in [0, 0.05) is 24.7 Å². The number of rotatable bonds is 6. The molecule has 0 saturated heterocycles. The number of halogens is 1. The topological polar surface area (TPSA) is 29.0 Å². The third-order valence-corrected chi connectivity index (χ3v) is 2.73. The molecule has 0 atom stereocenters. The fraction of sp³-hybridized carbons (Fsp3) is 0.636. The quantitative estimate of drug-likeness (QED) is 0.700. The van der Waals surface area contributed by atoms with Gasteiger partial charge in [0.25, 0.3) is 0 Å². The van der Waals surface area contributed by atoms with Crippen LogP contribution in [0.5, 0.6) is 0 Å². The van der Waals surface area contributed by atoms with Gasteiger partial charge in [-0.25, -0.2) is 0 Å². The molecule has 0 aliphatic carbocycles. The second-order valence-electron chi connectivity index (χ2n) is 3.43. The fourth-order valence-electron chi connectivity index (χ4n) is 1.75. The number of alkyl halides is 1. The molecule has 0 amide bonds. The first-order chi connectivity index (χ1) is 7.33. The van der Waals surface area contributed by atoms with E-state index in [4.69, 9.17) is 11.6 Å². The molecule has 0 radical (unpaired) electrons. The van der Waals surface area contributed by atoms with Gasteiger partial charge in [-0.05, 0) is 25.0 Å². The SMILES string of the molecule is CCC(CC)N(CCCl)c1cccnn1. The molecular formula is C11H18ClN3. The van der Waals surface area contributed by atoms with Crippen LogP contribution in [-0.2, 0) is 0 Å². The van der Waals surface area contributed by atoms with Crippen LogP contribution >= 0.6 is 11.6 Å². The summed E-state index contributed by atoms with van der Waals surface area (Å²) in [5.41, 5.74) is 0. The third kappa shape index (κ3) is 3.34. The standard InChI is InChI=1S/C11H18ClN3/c1-3-10(4-2)15(9-7-12)11-6-5-8-13-14-11/h5-6,8,10H,3-4,7,9H2,1-2H3. The van der Waals surface area contributed by atoms with Gasteiger partial charge in [0.05, 0.1) is 0 Å². The van der Waals surface area contributed by atoms with E-state index in [-0.39, 0.29) is 0 Å². The van der Waals surface area contributed by atoms with E-state index in [1.165, 1.54) is 0 Å². The van der Waals surface area contributed by atoms with Crippen molar-refractivity contribution in [3.8, 4) is 0 Å². The molecule has 0 unspecified atom stereocenters. The summed E-state index contributed by atoms with van der Waals surface area (Å²) in [5.74, 6) is 1.54. The molecule has 84 valence electrons. The van der Waals surface area contributed by atoms with Crippen molar-refractivity contribution in [1.82, 2.24) is 10.2 Å². The van der Waals surface area contributed by atoms with E-state index in [1.807, 2.05) is 12.1 Å². The molecule has 1 aromatic rings. The van der Waals surface area contributed by atoms with Gasteiger partial charge in [-0.15, -0.1) is 16.7 Å². The highest BCUT2D eigenvalue weighted by atomic mass is 35.5. The van der Waals surface area contributed by atoms with Crippen molar-refractivity contribution in [3.05, 3.63) is 18.3 Å². The van der Waals surface area contributed by atoms with Gasteiger partial charge in [-0.3, -0.25) is 0 Å². The number of hydrogen-bond acceptors (Lipinski definition) is 3. The normalized spacial score (nSPS) is 10.7. The van der Waals surface area contributed by atoms with Crippen LogP contribution in [0.25, 0.3) is 0 Å². The molecule has 0 saturated carbocycles. The monoisotopic (exact) mass is 227 g/mol. The Morgan fingerprint density at radius 2 is 2.13 bits per heavy atom. The van der Waals surface area contributed by atoms with Crippen LogP contribution in [0.4, 0.5) is 5.82 Å². The average molecular weight is 228 g/mol. The van der Waals surface area contributed by atoms with Crippen molar-refractivity contribution in [1.29, 1.82) is 0 Å². The van der Waals surface area contributed by atoms with Crippen molar-refractivity contribution in [2.24, 2.45) is 0 Å². The zero-order chi connectivity index (χ0) is 11.1. The van der Waals surface area contributed by atoms with Crippen LogP contribution < -0.4 is 4.90 Å². The van der Waals surface area contributed by atoms with E-state index < -0.39 is 0 Å². The summed E-state index contributed by atoms with van der Waals surface area (Å²) in [7, 11) is 0. The van der Waals surface area contributed by atoms with E-state index >= 15 is 0 Å². The number of hydrogen-bond donors (Lipinski definition) is 0. The number of aromatic nitrogens is 2. The molecule has 0 aromatic carbocycles. The first kappa shape index (κ1) is 12.2. The average Bonchev–Trinajstić information content (AvgIpc) is 2.30. The van der Waals surface area contributed by atoms with Crippen LogP contribution in [0.1, 0.15) is 26.7 Å². The number of nitrogens with zero attached hydrogens (tertiary/aromatic N) is 3. The van der Waals surface area contributed by atoms with Crippen LogP contribution in [-0.4, -0.2) is 28.7 Å². The Morgan fingerprint density at radius 3 is 2.60 bits per heavy atom. The van der Waals surface area contributed by atoms with E-state index in [1.54, 1.807) is 6.20 Å². The lowest BCUT2D eigenvalue weighted by Gasteiger charge is -2.30.